The number of rotatable bonds is 6. The van der Waals surface area contributed by atoms with Crippen LogP contribution in [0.5, 0.6) is 0 Å². The zero-order valence-electron chi connectivity index (χ0n) is 13.5. The zero-order valence-corrected chi connectivity index (χ0v) is 15.9. The molecule has 1 amide bonds. The molecule has 134 valence electrons. The van der Waals surface area contributed by atoms with Gasteiger partial charge in [0.1, 0.15) is 10.8 Å². The summed E-state index contributed by atoms with van der Waals surface area (Å²) in [6, 6.07) is 7.24. The largest absolute Gasteiger partial charge is 0.321 e. The lowest BCUT2D eigenvalue weighted by Crippen LogP contribution is -2.30. The van der Waals surface area contributed by atoms with Gasteiger partial charge in [-0.25, -0.2) is 18.4 Å². The Morgan fingerprint density at radius 1 is 1.16 bits per heavy atom. The number of carbonyl (C=O) groups excluding carboxylic acids is 1. The third-order valence-corrected chi connectivity index (χ3v) is 5.74. The maximum atomic E-state index is 12.5. The van der Waals surface area contributed by atoms with Gasteiger partial charge in [0.25, 0.3) is 5.91 Å². The van der Waals surface area contributed by atoms with Crippen molar-refractivity contribution >= 4 is 44.8 Å². The van der Waals surface area contributed by atoms with E-state index in [1.807, 2.05) is 0 Å². The smallest absolute Gasteiger partial charge is 0.274 e. The topological polar surface area (TPSA) is 92.3 Å². The predicted molar refractivity (Wildman–Crippen MR) is 96.6 cm³/mol. The maximum Gasteiger partial charge on any atom is 0.274 e. The molecule has 0 saturated carbocycles. The van der Waals surface area contributed by atoms with Crippen molar-refractivity contribution in [3.8, 4) is 0 Å². The number of anilines is 1. The molecule has 7 nitrogen and oxygen atoms in total. The molecule has 25 heavy (non-hydrogen) atoms. The summed E-state index contributed by atoms with van der Waals surface area (Å²) in [6.07, 6.45) is 0. The summed E-state index contributed by atoms with van der Waals surface area (Å²) in [6.45, 7) is 4.23. The SMILES string of the molecule is CCN(CC)S(=O)(=O)c1cccc(NC(=O)c2cc(Cl)nc(Cl)n2)c1. The molecule has 1 aromatic carbocycles. The van der Waals surface area contributed by atoms with Gasteiger partial charge in [-0.15, -0.1) is 0 Å². The highest BCUT2D eigenvalue weighted by Gasteiger charge is 2.22. The molecule has 0 fully saturated rings. The Balaban J connectivity index is 2.29. The van der Waals surface area contributed by atoms with Crippen molar-refractivity contribution in [3.05, 3.63) is 46.5 Å². The molecule has 0 atom stereocenters. The molecule has 0 unspecified atom stereocenters. The molecule has 0 aliphatic rings. The van der Waals surface area contributed by atoms with Crippen LogP contribution < -0.4 is 5.32 Å². The Bertz CT molecular complexity index is 866. The number of benzene rings is 1. The number of carbonyl (C=O) groups is 1. The van der Waals surface area contributed by atoms with Crippen molar-refractivity contribution in [2.45, 2.75) is 18.7 Å². The number of halogens is 2. The van der Waals surface area contributed by atoms with Crippen molar-refractivity contribution < 1.29 is 13.2 Å². The normalized spacial score (nSPS) is 11.6. The average molecular weight is 403 g/mol. The molecule has 2 rings (SSSR count). The Morgan fingerprint density at radius 2 is 1.84 bits per heavy atom. The van der Waals surface area contributed by atoms with E-state index in [0.717, 1.165) is 0 Å². The third kappa shape index (κ3) is 4.66. The van der Waals surface area contributed by atoms with Gasteiger partial charge >= 0.3 is 0 Å². The zero-order chi connectivity index (χ0) is 18.6. The maximum absolute atomic E-state index is 12.5. The number of sulfonamides is 1. The van der Waals surface area contributed by atoms with E-state index in [4.69, 9.17) is 23.2 Å². The number of aromatic nitrogens is 2. The Kier molecular flexibility index (Phi) is 6.34. The summed E-state index contributed by atoms with van der Waals surface area (Å²) in [5.41, 5.74) is 0.283. The molecule has 0 aliphatic carbocycles. The van der Waals surface area contributed by atoms with Crippen molar-refractivity contribution in [3.63, 3.8) is 0 Å². The van der Waals surface area contributed by atoms with Crippen molar-refractivity contribution in [1.82, 2.24) is 14.3 Å². The van der Waals surface area contributed by atoms with E-state index in [9.17, 15) is 13.2 Å². The molecule has 1 N–H and O–H groups in total. The van der Waals surface area contributed by atoms with Gasteiger partial charge in [-0.05, 0) is 29.8 Å². The second kappa shape index (κ2) is 8.09. The standard InChI is InChI=1S/C15H16Cl2N4O3S/c1-3-21(4-2)25(23,24)11-7-5-6-10(8-11)18-14(22)12-9-13(16)20-15(17)19-12/h5-9H,3-4H2,1-2H3,(H,18,22). The van der Waals surface area contributed by atoms with E-state index >= 15 is 0 Å². The van der Waals surface area contributed by atoms with Gasteiger partial charge in [0, 0.05) is 24.8 Å². The first-order chi connectivity index (χ1) is 11.8. The fraction of sp³-hybridized carbons (Fsp3) is 0.267. The quantitative estimate of drug-likeness (QED) is 0.591. The first-order valence-electron chi connectivity index (χ1n) is 7.39. The molecule has 1 aromatic heterocycles. The lowest BCUT2D eigenvalue weighted by molar-refractivity contribution is 0.102. The van der Waals surface area contributed by atoms with Crippen LogP contribution in [0.4, 0.5) is 5.69 Å². The molecule has 0 saturated heterocycles. The number of hydrogen-bond acceptors (Lipinski definition) is 5. The van der Waals surface area contributed by atoms with Crippen LogP contribution in [0.1, 0.15) is 24.3 Å². The van der Waals surface area contributed by atoms with Gasteiger partial charge in [-0.3, -0.25) is 4.79 Å². The first-order valence-corrected chi connectivity index (χ1v) is 9.59. The van der Waals surface area contributed by atoms with Gasteiger partial charge < -0.3 is 5.32 Å². The minimum absolute atomic E-state index is 0.0259. The van der Waals surface area contributed by atoms with Crippen molar-refractivity contribution in [2.75, 3.05) is 18.4 Å². The second-order valence-corrected chi connectivity index (χ2v) is 7.58. The van der Waals surface area contributed by atoms with Gasteiger partial charge in [0.05, 0.1) is 4.90 Å². The minimum atomic E-state index is -3.62. The first kappa shape index (κ1) is 19.6. The third-order valence-electron chi connectivity index (χ3n) is 3.34. The summed E-state index contributed by atoms with van der Waals surface area (Å²) < 4.78 is 26.4. The van der Waals surface area contributed by atoms with Crippen molar-refractivity contribution in [2.24, 2.45) is 0 Å². The number of amides is 1. The molecular formula is C15H16Cl2N4O3S. The summed E-state index contributed by atoms with van der Waals surface area (Å²) in [4.78, 5) is 19.8. The van der Waals surface area contributed by atoms with Gasteiger partial charge in [-0.2, -0.15) is 4.31 Å². The molecule has 1 heterocycles. The van der Waals surface area contributed by atoms with Crippen LogP contribution >= 0.6 is 23.2 Å². The lowest BCUT2D eigenvalue weighted by Gasteiger charge is -2.18. The van der Waals surface area contributed by atoms with Crippen LogP contribution in [0.25, 0.3) is 0 Å². The fourth-order valence-electron chi connectivity index (χ4n) is 2.15. The molecule has 0 aliphatic heterocycles. The van der Waals surface area contributed by atoms with E-state index in [0.29, 0.717) is 18.8 Å². The predicted octanol–water partition coefficient (Wildman–Crippen LogP) is 3.07. The number of nitrogens with one attached hydrogen (secondary N) is 1. The van der Waals surface area contributed by atoms with Gasteiger partial charge in [-0.1, -0.05) is 31.5 Å². The van der Waals surface area contributed by atoms with E-state index in [1.165, 1.54) is 22.5 Å². The second-order valence-electron chi connectivity index (χ2n) is 4.92. The Labute approximate surface area is 156 Å². The van der Waals surface area contributed by atoms with Crippen LogP contribution in [-0.2, 0) is 10.0 Å². The minimum Gasteiger partial charge on any atom is -0.321 e. The van der Waals surface area contributed by atoms with Crippen LogP contribution in [0.15, 0.2) is 35.2 Å². The Hall–Kier alpha value is -1.74. The van der Waals surface area contributed by atoms with E-state index in [-0.39, 0.29) is 21.0 Å². The van der Waals surface area contributed by atoms with Gasteiger partial charge in [0.15, 0.2) is 0 Å². The summed E-state index contributed by atoms with van der Waals surface area (Å²) in [5, 5.41) is 2.44. The van der Waals surface area contributed by atoms with Crippen LogP contribution in [0.2, 0.25) is 10.4 Å². The molecule has 0 bridgehead atoms. The van der Waals surface area contributed by atoms with Crippen LogP contribution in [0, 0.1) is 0 Å². The molecule has 0 spiro atoms. The highest BCUT2D eigenvalue weighted by Crippen LogP contribution is 2.20. The molecule has 2 aromatic rings. The Morgan fingerprint density at radius 3 is 2.44 bits per heavy atom. The fourth-order valence-corrected chi connectivity index (χ4v) is 4.06. The van der Waals surface area contributed by atoms with Crippen molar-refractivity contribution in [1.29, 1.82) is 0 Å². The van der Waals surface area contributed by atoms with Crippen LogP contribution in [0.3, 0.4) is 0 Å². The monoisotopic (exact) mass is 402 g/mol. The number of hydrogen-bond donors (Lipinski definition) is 1. The lowest BCUT2D eigenvalue weighted by atomic mass is 10.3. The van der Waals surface area contributed by atoms with Gasteiger partial charge in [0.2, 0.25) is 15.3 Å². The summed E-state index contributed by atoms with van der Waals surface area (Å²) >= 11 is 11.4. The highest BCUT2D eigenvalue weighted by atomic mass is 35.5. The summed E-state index contributed by atoms with van der Waals surface area (Å²) in [7, 11) is -3.62. The average Bonchev–Trinajstić information content (AvgIpc) is 2.55. The van der Waals surface area contributed by atoms with Crippen LogP contribution in [-0.4, -0.2) is 41.7 Å². The van der Waals surface area contributed by atoms with E-state index in [1.54, 1.807) is 26.0 Å². The van der Waals surface area contributed by atoms with E-state index < -0.39 is 15.9 Å². The highest BCUT2D eigenvalue weighted by molar-refractivity contribution is 7.89. The summed E-state index contributed by atoms with van der Waals surface area (Å²) in [5.74, 6) is -0.580. The molecule has 0 radical (unpaired) electrons. The molecular weight excluding hydrogens is 387 g/mol. The molecule has 10 heteroatoms. The van der Waals surface area contributed by atoms with E-state index in [2.05, 4.69) is 15.3 Å². The number of nitrogens with zero attached hydrogens (tertiary/aromatic N) is 3.